The molecule has 2 aromatic heterocycles. The number of carbonyl (C=O) groups excluding carboxylic acids is 1. The number of fused-ring (bicyclic) bond motifs is 1. The standard InChI is InChI=1S/C16H18F3N3OS/c1-8-10-5-6-12(16(17,18)19)22-15(10)24-13(8)14(23)21-11-4-3-7-20-9(11)2/h5-6,9,11,20H,3-4,7H2,1-2H3,(H,21,23). The van der Waals surface area contributed by atoms with Crippen molar-refractivity contribution in [1.29, 1.82) is 0 Å². The van der Waals surface area contributed by atoms with Crippen LogP contribution in [0.15, 0.2) is 12.1 Å². The molecule has 0 aliphatic carbocycles. The first kappa shape index (κ1) is 17.2. The second-order valence-corrected chi connectivity index (χ2v) is 7.07. The zero-order chi connectivity index (χ0) is 17.5. The van der Waals surface area contributed by atoms with Crippen molar-refractivity contribution in [2.75, 3.05) is 6.54 Å². The molecule has 0 aromatic carbocycles. The third-order valence-electron chi connectivity index (χ3n) is 4.38. The fraction of sp³-hybridized carbons (Fsp3) is 0.500. The summed E-state index contributed by atoms with van der Waals surface area (Å²) in [6.07, 6.45) is -2.62. The topological polar surface area (TPSA) is 54.0 Å². The van der Waals surface area contributed by atoms with Gasteiger partial charge in [-0.15, -0.1) is 11.3 Å². The molecule has 2 unspecified atom stereocenters. The van der Waals surface area contributed by atoms with Gasteiger partial charge in [-0.25, -0.2) is 4.98 Å². The summed E-state index contributed by atoms with van der Waals surface area (Å²) in [5.74, 6) is -0.246. The van der Waals surface area contributed by atoms with Crippen LogP contribution in [0.25, 0.3) is 10.2 Å². The molecule has 3 heterocycles. The van der Waals surface area contributed by atoms with Gasteiger partial charge in [-0.05, 0) is 50.9 Å². The molecule has 2 aromatic rings. The lowest BCUT2D eigenvalue weighted by atomic mass is 10.00. The Morgan fingerprint density at radius 1 is 1.42 bits per heavy atom. The maximum atomic E-state index is 12.8. The maximum Gasteiger partial charge on any atom is 0.433 e. The Hall–Kier alpha value is -1.67. The van der Waals surface area contributed by atoms with Gasteiger partial charge in [0.2, 0.25) is 0 Å². The Morgan fingerprint density at radius 2 is 2.17 bits per heavy atom. The van der Waals surface area contributed by atoms with Crippen LogP contribution in [-0.2, 0) is 6.18 Å². The molecule has 8 heteroatoms. The van der Waals surface area contributed by atoms with Gasteiger partial charge in [0.05, 0.1) is 4.88 Å². The SMILES string of the molecule is Cc1c(C(=O)NC2CCCNC2C)sc2nc(C(F)(F)F)ccc12. The number of nitrogens with one attached hydrogen (secondary N) is 2. The van der Waals surface area contributed by atoms with E-state index >= 15 is 0 Å². The quantitative estimate of drug-likeness (QED) is 0.865. The van der Waals surface area contributed by atoms with Gasteiger partial charge < -0.3 is 10.6 Å². The van der Waals surface area contributed by atoms with Crippen LogP contribution in [0, 0.1) is 6.92 Å². The molecular weight excluding hydrogens is 339 g/mol. The number of aromatic nitrogens is 1. The summed E-state index contributed by atoms with van der Waals surface area (Å²) >= 11 is 1.01. The Balaban J connectivity index is 1.88. The van der Waals surface area contributed by atoms with Gasteiger partial charge in [0.1, 0.15) is 10.5 Å². The molecule has 1 aliphatic heterocycles. The van der Waals surface area contributed by atoms with Crippen LogP contribution in [-0.4, -0.2) is 29.5 Å². The minimum absolute atomic E-state index is 0.0227. The lowest BCUT2D eigenvalue weighted by Gasteiger charge is -2.30. The molecule has 1 aliphatic rings. The summed E-state index contributed by atoms with van der Waals surface area (Å²) in [5, 5.41) is 6.89. The molecule has 0 bridgehead atoms. The zero-order valence-corrected chi connectivity index (χ0v) is 14.1. The van der Waals surface area contributed by atoms with E-state index in [0.717, 1.165) is 36.8 Å². The summed E-state index contributed by atoms with van der Waals surface area (Å²) in [6.45, 7) is 4.68. The monoisotopic (exact) mass is 357 g/mol. The van der Waals surface area contributed by atoms with Crippen LogP contribution in [0.5, 0.6) is 0 Å². The summed E-state index contributed by atoms with van der Waals surface area (Å²) in [5.41, 5.74) is -0.265. The number of thiophene rings is 1. The summed E-state index contributed by atoms with van der Waals surface area (Å²) in [7, 11) is 0. The van der Waals surface area contributed by atoms with Gasteiger partial charge in [0, 0.05) is 17.5 Å². The number of rotatable bonds is 2. The predicted octanol–water partition coefficient (Wildman–Crippen LogP) is 3.49. The number of pyridine rings is 1. The van der Waals surface area contributed by atoms with Crippen molar-refractivity contribution >= 4 is 27.5 Å². The van der Waals surface area contributed by atoms with E-state index in [4.69, 9.17) is 0 Å². The van der Waals surface area contributed by atoms with Gasteiger partial charge in [-0.1, -0.05) is 0 Å². The number of alkyl halides is 3. The number of hydrogen-bond acceptors (Lipinski definition) is 4. The Morgan fingerprint density at radius 3 is 2.83 bits per heavy atom. The van der Waals surface area contributed by atoms with E-state index in [1.54, 1.807) is 6.92 Å². The van der Waals surface area contributed by atoms with Crippen LogP contribution >= 0.6 is 11.3 Å². The van der Waals surface area contributed by atoms with Gasteiger partial charge in [-0.3, -0.25) is 4.79 Å². The normalized spacial score (nSPS) is 21.9. The fourth-order valence-electron chi connectivity index (χ4n) is 2.95. The van der Waals surface area contributed by atoms with Crippen molar-refractivity contribution in [3.05, 3.63) is 28.3 Å². The molecule has 1 saturated heterocycles. The first-order valence-corrected chi connectivity index (χ1v) is 8.60. The number of hydrogen-bond donors (Lipinski definition) is 2. The zero-order valence-electron chi connectivity index (χ0n) is 13.3. The predicted molar refractivity (Wildman–Crippen MR) is 87.3 cm³/mol. The Bertz CT molecular complexity index is 772. The highest BCUT2D eigenvalue weighted by molar-refractivity contribution is 7.20. The smallest absolute Gasteiger partial charge is 0.347 e. The second kappa shape index (κ2) is 6.33. The van der Waals surface area contributed by atoms with Crippen LogP contribution in [0.3, 0.4) is 0 Å². The number of halogens is 3. The van der Waals surface area contributed by atoms with Crippen molar-refractivity contribution in [3.63, 3.8) is 0 Å². The highest BCUT2D eigenvalue weighted by Gasteiger charge is 2.33. The van der Waals surface area contributed by atoms with E-state index in [1.165, 1.54) is 6.07 Å². The summed E-state index contributed by atoms with van der Waals surface area (Å²) in [6, 6.07) is 2.54. The van der Waals surface area contributed by atoms with Crippen molar-refractivity contribution in [3.8, 4) is 0 Å². The molecule has 1 amide bonds. The molecule has 0 spiro atoms. The largest absolute Gasteiger partial charge is 0.433 e. The highest BCUT2D eigenvalue weighted by Crippen LogP contribution is 2.34. The minimum atomic E-state index is -4.49. The van der Waals surface area contributed by atoms with Crippen molar-refractivity contribution in [2.24, 2.45) is 0 Å². The first-order chi connectivity index (χ1) is 11.3. The maximum absolute atomic E-state index is 12.8. The van der Waals surface area contributed by atoms with Crippen LogP contribution in [0.2, 0.25) is 0 Å². The number of carbonyl (C=O) groups is 1. The Labute approximate surface area is 141 Å². The van der Waals surface area contributed by atoms with Crippen molar-refractivity contribution in [2.45, 2.75) is 44.9 Å². The number of nitrogens with zero attached hydrogens (tertiary/aromatic N) is 1. The van der Waals surface area contributed by atoms with Crippen LogP contribution in [0.1, 0.15) is 40.7 Å². The van der Waals surface area contributed by atoms with Crippen LogP contribution < -0.4 is 10.6 Å². The van der Waals surface area contributed by atoms with E-state index in [0.29, 0.717) is 15.8 Å². The molecule has 4 nitrogen and oxygen atoms in total. The third kappa shape index (κ3) is 3.25. The number of aryl methyl sites for hydroxylation is 1. The number of piperidine rings is 1. The first-order valence-electron chi connectivity index (χ1n) is 7.79. The minimum Gasteiger partial charge on any atom is -0.347 e. The van der Waals surface area contributed by atoms with Gasteiger partial charge in [0.15, 0.2) is 0 Å². The average Bonchev–Trinajstić information content (AvgIpc) is 2.85. The number of amides is 1. The van der Waals surface area contributed by atoms with E-state index in [9.17, 15) is 18.0 Å². The molecule has 0 radical (unpaired) electrons. The van der Waals surface area contributed by atoms with Crippen molar-refractivity contribution < 1.29 is 18.0 Å². The van der Waals surface area contributed by atoms with Gasteiger partial charge in [0.25, 0.3) is 5.91 Å². The Kier molecular flexibility index (Phi) is 4.52. The van der Waals surface area contributed by atoms with E-state index in [-0.39, 0.29) is 22.8 Å². The molecule has 130 valence electrons. The molecule has 0 saturated carbocycles. The van der Waals surface area contributed by atoms with Crippen LogP contribution in [0.4, 0.5) is 13.2 Å². The molecule has 3 rings (SSSR count). The molecule has 2 atom stereocenters. The second-order valence-electron chi connectivity index (χ2n) is 6.07. The fourth-order valence-corrected chi connectivity index (χ4v) is 4.03. The summed E-state index contributed by atoms with van der Waals surface area (Å²) in [4.78, 5) is 16.9. The lowest BCUT2D eigenvalue weighted by molar-refractivity contribution is -0.140. The van der Waals surface area contributed by atoms with E-state index < -0.39 is 11.9 Å². The highest BCUT2D eigenvalue weighted by atomic mass is 32.1. The molecule has 2 N–H and O–H groups in total. The molecule has 24 heavy (non-hydrogen) atoms. The average molecular weight is 357 g/mol. The van der Waals surface area contributed by atoms with Crippen molar-refractivity contribution in [1.82, 2.24) is 15.6 Å². The molecule has 1 fully saturated rings. The molecular formula is C16H18F3N3OS. The van der Waals surface area contributed by atoms with E-state index in [2.05, 4.69) is 15.6 Å². The van der Waals surface area contributed by atoms with E-state index in [1.807, 2.05) is 6.92 Å². The lowest BCUT2D eigenvalue weighted by Crippen LogP contribution is -2.51. The van der Waals surface area contributed by atoms with Gasteiger partial charge in [-0.2, -0.15) is 13.2 Å². The summed E-state index contributed by atoms with van der Waals surface area (Å²) < 4.78 is 38.4. The van der Waals surface area contributed by atoms with Gasteiger partial charge >= 0.3 is 6.18 Å². The third-order valence-corrected chi connectivity index (χ3v) is 5.58.